The molecular weight excluding hydrogens is 402 g/mol. The van der Waals surface area contributed by atoms with E-state index < -0.39 is 10.0 Å². The second kappa shape index (κ2) is 9.47. The van der Waals surface area contributed by atoms with Gasteiger partial charge >= 0.3 is 0 Å². The molecular formula is C22H33N3O4S. The van der Waals surface area contributed by atoms with Gasteiger partial charge in [-0.15, -0.1) is 0 Å². The number of rotatable bonds is 5. The molecule has 30 heavy (non-hydrogen) atoms. The monoisotopic (exact) mass is 435 g/mol. The van der Waals surface area contributed by atoms with Crippen molar-refractivity contribution in [3.63, 3.8) is 0 Å². The summed E-state index contributed by atoms with van der Waals surface area (Å²) in [4.78, 5) is 27.1. The number of sulfonamides is 1. The third kappa shape index (κ3) is 5.21. The van der Waals surface area contributed by atoms with E-state index in [1.807, 2.05) is 20.8 Å². The van der Waals surface area contributed by atoms with Gasteiger partial charge in [-0.25, -0.2) is 8.42 Å². The molecule has 0 saturated carbocycles. The van der Waals surface area contributed by atoms with Crippen LogP contribution in [0.15, 0.2) is 29.2 Å². The molecule has 0 aromatic heterocycles. The van der Waals surface area contributed by atoms with E-state index in [4.69, 9.17) is 0 Å². The van der Waals surface area contributed by atoms with Crippen LogP contribution in [-0.2, 0) is 19.6 Å². The second-order valence-corrected chi connectivity index (χ2v) is 10.7. The lowest BCUT2D eigenvalue weighted by Crippen LogP contribution is -2.51. The average molecular weight is 436 g/mol. The Bertz CT molecular complexity index is 859. The van der Waals surface area contributed by atoms with Crippen LogP contribution in [0.2, 0.25) is 0 Å². The van der Waals surface area contributed by atoms with Crippen molar-refractivity contribution in [3.05, 3.63) is 29.8 Å². The Hall–Kier alpha value is -1.93. The minimum atomic E-state index is -3.50. The molecule has 0 bridgehead atoms. The first kappa shape index (κ1) is 22.7. The maximum absolute atomic E-state index is 12.8. The quantitative estimate of drug-likeness (QED) is 0.768. The van der Waals surface area contributed by atoms with Gasteiger partial charge in [0.05, 0.1) is 10.8 Å². The molecule has 2 heterocycles. The van der Waals surface area contributed by atoms with Crippen LogP contribution in [0, 0.1) is 18.8 Å². The van der Waals surface area contributed by atoms with Gasteiger partial charge in [-0.05, 0) is 44.7 Å². The molecule has 1 unspecified atom stereocenters. The Kier molecular flexibility index (Phi) is 7.18. The SMILES string of the molecule is Cc1ccc(S(=O)(=O)N2CCC(NC(=O)C3CCCN(C(=O)C(C)C)C3)CC2)cc1. The number of hydrogen-bond donors (Lipinski definition) is 1. The Labute approximate surface area is 179 Å². The Morgan fingerprint density at radius 1 is 1.03 bits per heavy atom. The zero-order valence-electron chi connectivity index (χ0n) is 18.1. The molecule has 1 atom stereocenters. The highest BCUT2D eigenvalue weighted by atomic mass is 32.2. The molecule has 2 aliphatic rings. The second-order valence-electron chi connectivity index (χ2n) is 8.78. The first-order valence-electron chi connectivity index (χ1n) is 10.8. The van der Waals surface area contributed by atoms with Gasteiger partial charge in [-0.1, -0.05) is 31.5 Å². The van der Waals surface area contributed by atoms with Crippen LogP contribution in [0.25, 0.3) is 0 Å². The summed E-state index contributed by atoms with van der Waals surface area (Å²) in [6.07, 6.45) is 2.81. The summed E-state index contributed by atoms with van der Waals surface area (Å²) in [7, 11) is -3.50. The van der Waals surface area contributed by atoms with Crippen molar-refractivity contribution >= 4 is 21.8 Å². The van der Waals surface area contributed by atoms with Gasteiger partial charge in [0.25, 0.3) is 0 Å². The minimum absolute atomic E-state index is 0.0175. The van der Waals surface area contributed by atoms with Gasteiger partial charge in [0, 0.05) is 38.1 Å². The topological polar surface area (TPSA) is 86.8 Å². The molecule has 2 saturated heterocycles. The Morgan fingerprint density at radius 3 is 2.27 bits per heavy atom. The number of piperidine rings is 2. The number of aryl methyl sites for hydroxylation is 1. The van der Waals surface area contributed by atoms with Crippen LogP contribution in [0.3, 0.4) is 0 Å². The number of carbonyl (C=O) groups is 2. The van der Waals surface area contributed by atoms with Gasteiger partial charge in [-0.3, -0.25) is 9.59 Å². The molecule has 7 nitrogen and oxygen atoms in total. The molecule has 0 spiro atoms. The summed E-state index contributed by atoms with van der Waals surface area (Å²) in [5.41, 5.74) is 1.02. The standard InChI is InChI=1S/C22H33N3O4S/c1-16(2)22(27)24-12-4-5-18(15-24)21(26)23-19-10-13-25(14-11-19)30(28,29)20-8-6-17(3)7-9-20/h6-9,16,18-19H,4-5,10-15H2,1-3H3,(H,23,26). The summed E-state index contributed by atoms with van der Waals surface area (Å²) in [5, 5.41) is 3.10. The number of nitrogens with one attached hydrogen (secondary N) is 1. The van der Waals surface area contributed by atoms with Crippen molar-refractivity contribution in [1.29, 1.82) is 0 Å². The predicted molar refractivity (Wildman–Crippen MR) is 115 cm³/mol. The maximum Gasteiger partial charge on any atom is 0.243 e. The lowest BCUT2D eigenvalue weighted by molar-refractivity contribution is -0.138. The molecule has 1 aromatic rings. The minimum Gasteiger partial charge on any atom is -0.353 e. The summed E-state index contributed by atoms with van der Waals surface area (Å²) < 4.78 is 27.2. The summed E-state index contributed by atoms with van der Waals surface area (Å²) in [5.74, 6) is -0.166. The van der Waals surface area contributed by atoms with Gasteiger partial charge in [0.2, 0.25) is 21.8 Å². The van der Waals surface area contributed by atoms with Gasteiger partial charge in [0.1, 0.15) is 0 Å². The van der Waals surface area contributed by atoms with Crippen molar-refractivity contribution in [1.82, 2.24) is 14.5 Å². The first-order chi connectivity index (χ1) is 14.2. The zero-order valence-corrected chi connectivity index (χ0v) is 19.0. The third-order valence-corrected chi connectivity index (χ3v) is 7.97. The van der Waals surface area contributed by atoms with E-state index in [-0.39, 0.29) is 29.7 Å². The van der Waals surface area contributed by atoms with Crippen molar-refractivity contribution in [3.8, 4) is 0 Å². The van der Waals surface area contributed by atoms with Crippen LogP contribution in [-0.4, -0.2) is 61.7 Å². The van der Waals surface area contributed by atoms with E-state index in [1.165, 1.54) is 4.31 Å². The Morgan fingerprint density at radius 2 is 1.67 bits per heavy atom. The van der Waals surface area contributed by atoms with E-state index in [0.717, 1.165) is 24.9 Å². The zero-order chi connectivity index (χ0) is 21.9. The van der Waals surface area contributed by atoms with E-state index in [1.54, 1.807) is 29.2 Å². The van der Waals surface area contributed by atoms with Crippen molar-refractivity contribution < 1.29 is 18.0 Å². The molecule has 1 N–H and O–H groups in total. The molecule has 2 amide bonds. The molecule has 0 aliphatic carbocycles. The van der Waals surface area contributed by atoms with Crippen molar-refractivity contribution in [2.75, 3.05) is 26.2 Å². The van der Waals surface area contributed by atoms with E-state index in [2.05, 4.69) is 5.32 Å². The summed E-state index contributed by atoms with van der Waals surface area (Å²) in [6, 6.07) is 6.87. The molecule has 1 aromatic carbocycles. The molecule has 8 heteroatoms. The number of amides is 2. The Balaban J connectivity index is 1.52. The fourth-order valence-electron chi connectivity index (χ4n) is 4.18. The maximum atomic E-state index is 12.8. The van der Waals surface area contributed by atoms with Crippen molar-refractivity contribution in [2.45, 2.75) is 57.4 Å². The normalized spacial score (nSPS) is 21.6. The number of nitrogens with zero attached hydrogens (tertiary/aromatic N) is 2. The van der Waals surface area contributed by atoms with Crippen LogP contribution < -0.4 is 5.32 Å². The van der Waals surface area contributed by atoms with Crippen LogP contribution >= 0.6 is 0 Å². The van der Waals surface area contributed by atoms with Gasteiger partial charge in [-0.2, -0.15) is 4.31 Å². The number of likely N-dealkylation sites (tertiary alicyclic amines) is 1. The molecule has 3 rings (SSSR count). The van der Waals surface area contributed by atoms with Crippen LogP contribution in [0.4, 0.5) is 0 Å². The van der Waals surface area contributed by atoms with Crippen molar-refractivity contribution in [2.24, 2.45) is 11.8 Å². The number of hydrogen-bond acceptors (Lipinski definition) is 4. The molecule has 166 valence electrons. The first-order valence-corrected chi connectivity index (χ1v) is 12.3. The lowest BCUT2D eigenvalue weighted by atomic mass is 9.95. The molecule has 2 aliphatic heterocycles. The largest absolute Gasteiger partial charge is 0.353 e. The van der Waals surface area contributed by atoms with E-state index in [0.29, 0.717) is 37.4 Å². The van der Waals surface area contributed by atoms with Gasteiger partial charge in [0.15, 0.2) is 0 Å². The highest BCUT2D eigenvalue weighted by Gasteiger charge is 2.33. The fourth-order valence-corrected chi connectivity index (χ4v) is 5.65. The average Bonchev–Trinajstić information content (AvgIpc) is 2.74. The summed E-state index contributed by atoms with van der Waals surface area (Å²) in [6.45, 7) is 7.66. The number of benzene rings is 1. The fraction of sp³-hybridized carbons (Fsp3) is 0.636. The van der Waals surface area contributed by atoms with Gasteiger partial charge < -0.3 is 10.2 Å². The summed E-state index contributed by atoms with van der Waals surface area (Å²) >= 11 is 0. The van der Waals surface area contributed by atoms with Crippen LogP contribution in [0.5, 0.6) is 0 Å². The number of carbonyl (C=O) groups excluding carboxylic acids is 2. The smallest absolute Gasteiger partial charge is 0.243 e. The van der Waals surface area contributed by atoms with Crippen LogP contribution in [0.1, 0.15) is 45.1 Å². The highest BCUT2D eigenvalue weighted by Crippen LogP contribution is 2.23. The lowest BCUT2D eigenvalue weighted by Gasteiger charge is -2.35. The molecule has 0 radical (unpaired) electrons. The predicted octanol–water partition coefficient (Wildman–Crippen LogP) is 2.16. The van der Waals surface area contributed by atoms with E-state index in [9.17, 15) is 18.0 Å². The molecule has 2 fully saturated rings. The highest BCUT2D eigenvalue weighted by molar-refractivity contribution is 7.89. The third-order valence-electron chi connectivity index (χ3n) is 6.06. The van der Waals surface area contributed by atoms with E-state index >= 15 is 0 Å².